The Kier molecular flexibility index (Phi) is 5.52. The van der Waals surface area contributed by atoms with Crippen LogP contribution in [0.5, 0.6) is 11.5 Å². The van der Waals surface area contributed by atoms with Gasteiger partial charge < -0.3 is 14.6 Å². The number of methoxy groups -OCH3 is 2. The normalized spacial score (nSPS) is 11.1. The van der Waals surface area contributed by atoms with Crippen molar-refractivity contribution < 1.29 is 27.8 Å². The van der Waals surface area contributed by atoms with Gasteiger partial charge in [0.1, 0.15) is 16.5 Å². The Labute approximate surface area is 165 Å². The second kappa shape index (κ2) is 7.87. The zero-order chi connectivity index (χ0) is 20.3. The molecule has 0 amide bonds. The zero-order valence-corrected chi connectivity index (χ0v) is 16.5. The number of hydrogen-bond acceptors (Lipinski definition) is 7. The van der Waals surface area contributed by atoms with E-state index in [0.717, 1.165) is 5.56 Å². The van der Waals surface area contributed by atoms with E-state index in [1.54, 1.807) is 31.4 Å². The topological polar surface area (TPSA) is 115 Å². The van der Waals surface area contributed by atoms with Gasteiger partial charge in [0, 0.05) is 10.9 Å². The van der Waals surface area contributed by atoms with Gasteiger partial charge in [-0.15, -0.1) is 11.3 Å². The summed E-state index contributed by atoms with van der Waals surface area (Å²) in [5.74, 6) is -0.416. The summed E-state index contributed by atoms with van der Waals surface area (Å²) in [6.07, 6.45) is 0. The third kappa shape index (κ3) is 4.07. The number of rotatable bonds is 7. The van der Waals surface area contributed by atoms with Gasteiger partial charge in [-0.2, -0.15) is 8.42 Å². The van der Waals surface area contributed by atoms with E-state index in [-0.39, 0.29) is 22.0 Å². The highest BCUT2D eigenvalue weighted by Gasteiger charge is 2.21. The molecule has 3 rings (SSSR count). The predicted octanol–water partition coefficient (Wildman–Crippen LogP) is 3.33. The molecule has 0 aliphatic carbocycles. The second-order valence-corrected chi connectivity index (χ2v) is 8.04. The molecule has 0 aliphatic rings. The summed E-state index contributed by atoms with van der Waals surface area (Å²) in [7, 11) is -1.12. The lowest BCUT2D eigenvalue weighted by Crippen LogP contribution is -2.14. The van der Waals surface area contributed by atoms with Crippen molar-refractivity contribution >= 4 is 33.0 Å². The maximum absolute atomic E-state index is 12.7. The van der Waals surface area contributed by atoms with E-state index < -0.39 is 16.0 Å². The number of aromatic carboxylic acids is 1. The molecule has 1 heterocycles. The number of ether oxygens (including phenoxy) is 2. The van der Waals surface area contributed by atoms with Crippen LogP contribution in [0.3, 0.4) is 0 Å². The molecule has 0 radical (unpaired) electrons. The Hall–Kier alpha value is -3.11. The van der Waals surface area contributed by atoms with Crippen LogP contribution >= 0.6 is 11.3 Å². The van der Waals surface area contributed by atoms with Crippen molar-refractivity contribution in [2.45, 2.75) is 5.03 Å². The minimum Gasteiger partial charge on any atom is -0.497 e. The molecule has 2 aromatic carbocycles. The summed E-state index contributed by atoms with van der Waals surface area (Å²) in [6.45, 7) is 0. The first-order valence-corrected chi connectivity index (χ1v) is 10.2. The lowest BCUT2D eigenvalue weighted by atomic mass is 10.2. The van der Waals surface area contributed by atoms with E-state index in [1.165, 1.54) is 42.0 Å². The standard InChI is InChI=1S/C18H16N2O6S2/c1-25-13-5-3-4-11(8-13)17-19-16(10-27-17)28(23,24)20-14-7-6-12(18(21)22)9-15(14)26-2/h3-10,20H,1-2H3,(H,21,22). The molecule has 0 unspecified atom stereocenters. The van der Waals surface area contributed by atoms with Crippen molar-refractivity contribution in [1.29, 1.82) is 0 Å². The van der Waals surface area contributed by atoms with Crippen LogP contribution in [0.25, 0.3) is 10.6 Å². The molecule has 0 saturated heterocycles. The number of nitrogens with one attached hydrogen (secondary N) is 1. The molecular weight excluding hydrogens is 404 g/mol. The number of sulfonamides is 1. The SMILES string of the molecule is COc1cccc(-c2nc(S(=O)(=O)Nc3ccc(C(=O)O)cc3OC)cs2)c1. The molecule has 10 heteroatoms. The minimum absolute atomic E-state index is 0.0197. The third-order valence-corrected chi connectivity index (χ3v) is 6.06. The van der Waals surface area contributed by atoms with Gasteiger partial charge in [-0.25, -0.2) is 9.78 Å². The number of hydrogen-bond donors (Lipinski definition) is 2. The Morgan fingerprint density at radius 3 is 2.61 bits per heavy atom. The first-order valence-electron chi connectivity index (χ1n) is 7.88. The van der Waals surface area contributed by atoms with Gasteiger partial charge in [-0.05, 0) is 30.3 Å². The van der Waals surface area contributed by atoms with Crippen molar-refractivity contribution in [2.75, 3.05) is 18.9 Å². The van der Waals surface area contributed by atoms with Crippen LogP contribution < -0.4 is 14.2 Å². The molecule has 2 N–H and O–H groups in total. The summed E-state index contributed by atoms with van der Waals surface area (Å²) in [6, 6.07) is 11.0. The van der Waals surface area contributed by atoms with Crippen LogP contribution in [-0.4, -0.2) is 38.7 Å². The van der Waals surface area contributed by atoms with E-state index >= 15 is 0 Å². The lowest BCUT2D eigenvalue weighted by Gasteiger charge is -2.11. The molecule has 0 saturated carbocycles. The van der Waals surface area contributed by atoms with Gasteiger partial charge in [0.15, 0.2) is 5.03 Å². The fraction of sp³-hybridized carbons (Fsp3) is 0.111. The smallest absolute Gasteiger partial charge is 0.335 e. The lowest BCUT2D eigenvalue weighted by molar-refractivity contribution is 0.0696. The Bertz CT molecular complexity index is 1120. The van der Waals surface area contributed by atoms with Gasteiger partial charge in [-0.3, -0.25) is 4.72 Å². The van der Waals surface area contributed by atoms with Crippen molar-refractivity contribution in [3.8, 4) is 22.1 Å². The third-order valence-electron chi connectivity index (χ3n) is 3.77. The van der Waals surface area contributed by atoms with Crippen LogP contribution in [-0.2, 0) is 10.0 Å². The van der Waals surface area contributed by atoms with Crippen LogP contribution in [0, 0.1) is 0 Å². The molecule has 28 heavy (non-hydrogen) atoms. The monoisotopic (exact) mass is 420 g/mol. The minimum atomic E-state index is -3.99. The summed E-state index contributed by atoms with van der Waals surface area (Å²) in [4.78, 5) is 15.3. The number of aromatic nitrogens is 1. The number of carboxylic acid groups (broad SMARTS) is 1. The highest BCUT2D eigenvalue weighted by Crippen LogP contribution is 2.31. The van der Waals surface area contributed by atoms with E-state index in [2.05, 4.69) is 9.71 Å². The maximum Gasteiger partial charge on any atom is 0.335 e. The molecule has 0 bridgehead atoms. The van der Waals surface area contributed by atoms with E-state index in [9.17, 15) is 13.2 Å². The Morgan fingerprint density at radius 2 is 1.93 bits per heavy atom. The van der Waals surface area contributed by atoms with E-state index in [0.29, 0.717) is 10.8 Å². The van der Waals surface area contributed by atoms with Crippen molar-refractivity contribution in [2.24, 2.45) is 0 Å². The van der Waals surface area contributed by atoms with Gasteiger partial charge in [0.05, 0.1) is 25.5 Å². The van der Waals surface area contributed by atoms with Gasteiger partial charge in [-0.1, -0.05) is 12.1 Å². The van der Waals surface area contributed by atoms with Crippen molar-refractivity contribution in [3.63, 3.8) is 0 Å². The number of carboxylic acids is 1. The van der Waals surface area contributed by atoms with Crippen LogP contribution in [0.15, 0.2) is 52.9 Å². The molecule has 8 nitrogen and oxygen atoms in total. The maximum atomic E-state index is 12.7. The molecule has 0 fully saturated rings. The fourth-order valence-corrected chi connectivity index (χ4v) is 4.54. The molecule has 1 aromatic heterocycles. The van der Waals surface area contributed by atoms with Gasteiger partial charge in [0.2, 0.25) is 0 Å². The highest BCUT2D eigenvalue weighted by molar-refractivity contribution is 7.92. The molecule has 0 atom stereocenters. The van der Waals surface area contributed by atoms with Gasteiger partial charge in [0.25, 0.3) is 10.0 Å². The van der Waals surface area contributed by atoms with Crippen molar-refractivity contribution in [3.05, 3.63) is 53.4 Å². The zero-order valence-electron chi connectivity index (χ0n) is 14.9. The van der Waals surface area contributed by atoms with Gasteiger partial charge >= 0.3 is 5.97 Å². The molecule has 146 valence electrons. The van der Waals surface area contributed by atoms with E-state index in [1.807, 2.05) is 0 Å². The van der Waals surface area contributed by atoms with Crippen LogP contribution in [0.2, 0.25) is 0 Å². The number of carbonyl (C=O) groups is 1. The molecule has 0 spiro atoms. The first-order chi connectivity index (χ1) is 13.3. The number of nitrogens with zero attached hydrogens (tertiary/aromatic N) is 1. The largest absolute Gasteiger partial charge is 0.497 e. The Balaban J connectivity index is 1.90. The number of thiazole rings is 1. The fourth-order valence-electron chi connectivity index (χ4n) is 2.38. The average Bonchev–Trinajstić information content (AvgIpc) is 3.19. The Morgan fingerprint density at radius 1 is 1.14 bits per heavy atom. The van der Waals surface area contributed by atoms with Crippen LogP contribution in [0.4, 0.5) is 5.69 Å². The molecular formula is C18H16N2O6S2. The number of anilines is 1. The first kappa shape index (κ1) is 19.6. The average molecular weight is 420 g/mol. The number of benzene rings is 2. The summed E-state index contributed by atoms with van der Waals surface area (Å²) in [5.41, 5.74) is 0.825. The molecule has 3 aromatic rings. The summed E-state index contributed by atoms with van der Waals surface area (Å²) >= 11 is 1.18. The second-order valence-electron chi connectivity index (χ2n) is 5.55. The quantitative estimate of drug-likeness (QED) is 0.602. The molecule has 0 aliphatic heterocycles. The summed E-state index contributed by atoms with van der Waals surface area (Å²) < 4.78 is 38.0. The summed E-state index contributed by atoms with van der Waals surface area (Å²) in [5, 5.41) is 10.8. The highest BCUT2D eigenvalue weighted by atomic mass is 32.2. The predicted molar refractivity (Wildman–Crippen MR) is 105 cm³/mol. The van der Waals surface area contributed by atoms with Crippen molar-refractivity contribution in [1.82, 2.24) is 4.98 Å². The van der Waals surface area contributed by atoms with Crippen LogP contribution in [0.1, 0.15) is 10.4 Å². The van der Waals surface area contributed by atoms with E-state index in [4.69, 9.17) is 14.6 Å².